The number of nitrogens with zero attached hydrogens (tertiary/aromatic N) is 4. The topological polar surface area (TPSA) is 58.5 Å². The van der Waals surface area contributed by atoms with E-state index < -0.39 is 0 Å². The number of para-hydroxylation sites is 6. The van der Waals surface area contributed by atoms with Crippen molar-refractivity contribution in [2.75, 3.05) is 9.80 Å². The second-order valence-electron chi connectivity index (χ2n) is 14.7. The Labute approximate surface area is 346 Å². The zero-order valence-corrected chi connectivity index (χ0v) is 32.4. The van der Waals surface area contributed by atoms with Crippen LogP contribution < -0.4 is 9.80 Å². The SMILES string of the molecule is c1ccc(N(c2ccc(-c3nc4ccccc4o3)cc2)c2cccc(-c3ccc4cc(N(c5ccccc5)c5ccc(-c6nc7ccccc7o6)cc5)ccc4c3)c2)cc1. The van der Waals surface area contributed by atoms with Gasteiger partial charge >= 0.3 is 0 Å². The summed E-state index contributed by atoms with van der Waals surface area (Å²) >= 11 is 0. The first-order chi connectivity index (χ1) is 29.7. The lowest BCUT2D eigenvalue weighted by Gasteiger charge is -2.26. The van der Waals surface area contributed by atoms with Gasteiger partial charge in [-0.2, -0.15) is 0 Å². The van der Waals surface area contributed by atoms with Crippen LogP contribution in [0.2, 0.25) is 0 Å². The number of hydrogen-bond donors (Lipinski definition) is 0. The van der Waals surface area contributed by atoms with Gasteiger partial charge < -0.3 is 18.6 Å². The number of benzene rings is 9. The van der Waals surface area contributed by atoms with E-state index in [1.54, 1.807) is 0 Å². The van der Waals surface area contributed by atoms with E-state index in [0.717, 1.165) is 89.4 Å². The second kappa shape index (κ2) is 14.9. The van der Waals surface area contributed by atoms with Gasteiger partial charge in [0.25, 0.3) is 0 Å². The number of hydrogen-bond acceptors (Lipinski definition) is 6. The standard InChI is InChI=1S/C54H36N4O2/c1-3-13-43(14-4-1)57(45-29-24-37(25-30-45)53-55-49-18-7-9-20-51(49)59-53)47-17-11-12-39(35-47)40-22-23-42-36-48(33-28-41(42)34-40)58(44-15-5-2-6-16-44)46-31-26-38(27-32-46)54-56-50-19-8-10-21-52(50)60-54/h1-36H. The van der Waals surface area contributed by atoms with Gasteiger partial charge in [0.1, 0.15) is 11.0 Å². The smallest absolute Gasteiger partial charge is 0.227 e. The first kappa shape index (κ1) is 35.0. The van der Waals surface area contributed by atoms with E-state index in [0.29, 0.717) is 11.8 Å². The molecule has 6 heteroatoms. The van der Waals surface area contributed by atoms with E-state index in [4.69, 9.17) is 18.8 Å². The zero-order valence-electron chi connectivity index (χ0n) is 32.4. The molecule has 9 aromatic carbocycles. The van der Waals surface area contributed by atoms with Gasteiger partial charge in [0.15, 0.2) is 11.2 Å². The van der Waals surface area contributed by atoms with Crippen LogP contribution in [0.1, 0.15) is 0 Å². The lowest BCUT2D eigenvalue weighted by Crippen LogP contribution is -2.10. The first-order valence-electron chi connectivity index (χ1n) is 20.0. The summed E-state index contributed by atoms with van der Waals surface area (Å²) in [5.74, 6) is 1.22. The Bertz CT molecular complexity index is 3200. The molecule has 60 heavy (non-hydrogen) atoms. The number of oxazole rings is 2. The summed E-state index contributed by atoms with van der Waals surface area (Å²) in [7, 11) is 0. The molecule has 0 saturated carbocycles. The zero-order chi connectivity index (χ0) is 39.8. The van der Waals surface area contributed by atoms with Crippen molar-refractivity contribution in [3.05, 3.63) is 218 Å². The van der Waals surface area contributed by atoms with Crippen LogP contribution in [-0.4, -0.2) is 9.97 Å². The molecule has 0 amide bonds. The minimum absolute atomic E-state index is 0.610. The maximum atomic E-state index is 6.07. The van der Waals surface area contributed by atoms with Crippen molar-refractivity contribution in [2.24, 2.45) is 0 Å². The van der Waals surface area contributed by atoms with Gasteiger partial charge in [0.05, 0.1) is 0 Å². The van der Waals surface area contributed by atoms with Crippen molar-refractivity contribution < 1.29 is 8.83 Å². The highest BCUT2D eigenvalue weighted by Crippen LogP contribution is 2.40. The molecule has 0 aliphatic carbocycles. The Morgan fingerprint density at radius 3 is 1.23 bits per heavy atom. The van der Waals surface area contributed by atoms with Gasteiger partial charge in [-0.25, -0.2) is 9.97 Å². The predicted molar refractivity (Wildman–Crippen MR) is 245 cm³/mol. The molecule has 0 aliphatic heterocycles. The van der Waals surface area contributed by atoms with Gasteiger partial charge in [-0.05, 0) is 149 Å². The normalized spacial score (nSPS) is 11.3. The summed E-state index contributed by atoms with van der Waals surface area (Å²) in [6.45, 7) is 0. The summed E-state index contributed by atoms with van der Waals surface area (Å²) in [6.07, 6.45) is 0. The van der Waals surface area contributed by atoms with Crippen LogP contribution in [0.15, 0.2) is 227 Å². The second-order valence-corrected chi connectivity index (χ2v) is 14.7. The molecular formula is C54H36N4O2. The van der Waals surface area contributed by atoms with Gasteiger partial charge in [-0.1, -0.05) is 91.0 Å². The Kier molecular flexibility index (Phi) is 8.71. The van der Waals surface area contributed by atoms with E-state index in [1.165, 1.54) is 0 Å². The molecule has 0 radical (unpaired) electrons. The molecule has 0 spiro atoms. The Balaban J connectivity index is 0.908. The van der Waals surface area contributed by atoms with Gasteiger partial charge in [0, 0.05) is 45.3 Å². The van der Waals surface area contributed by atoms with Crippen molar-refractivity contribution in [3.8, 4) is 34.0 Å². The molecule has 6 nitrogen and oxygen atoms in total. The van der Waals surface area contributed by atoms with Crippen LogP contribution in [0.3, 0.4) is 0 Å². The monoisotopic (exact) mass is 772 g/mol. The molecule has 11 rings (SSSR count). The lowest BCUT2D eigenvalue weighted by atomic mass is 9.99. The Morgan fingerprint density at radius 2 is 0.683 bits per heavy atom. The maximum Gasteiger partial charge on any atom is 0.227 e. The highest BCUT2D eigenvalue weighted by molar-refractivity contribution is 5.93. The predicted octanol–water partition coefficient (Wildman–Crippen LogP) is 15.1. The van der Waals surface area contributed by atoms with Crippen molar-refractivity contribution in [3.63, 3.8) is 0 Å². The van der Waals surface area contributed by atoms with Crippen molar-refractivity contribution >= 4 is 67.1 Å². The van der Waals surface area contributed by atoms with E-state index in [-0.39, 0.29) is 0 Å². The molecule has 0 aliphatic rings. The van der Waals surface area contributed by atoms with E-state index in [2.05, 4.69) is 168 Å². The first-order valence-corrected chi connectivity index (χ1v) is 20.0. The van der Waals surface area contributed by atoms with Crippen LogP contribution in [0, 0.1) is 0 Å². The highest BCUT2D eigenvalue weighted by Gasteiger charge is 2.17. The fourth-order valence-electron chi connectivity index (χ4n) is 7.92. The molecule has 11 aromatic rings. The molecule has 0 atom stereocenters. The summed E-state index contributed by atoms with van der Waals surface area (Å²) in [6, 6.07) is 75.6. The molecule has 0 unspecified atom stereocenters. The van der Waals surface area contributed by atoms with E-state index in [9.17, 15) is 0 Å². The summed E-state index contributed by atoms with van der Waals surface area (Å²) in [5, 5.41) is 2.32. The average molecular weight is 773 g/mol. The van der Waals surface area contributed by atoms with Crippen LogP contribution >= 0.6 is 0 Å². The number of aromatic nitrogens is 2. The van der Waals surface area contributed by atoms with E-state index >= 15 is 0 Å². The summed E-state index contributed by atoms with van der Waals surface area (Å²) in [4.78, 5) is 14.0. The fourth-order valence-corrected chi connectivity index (χ4v) is 7.92. The summed E-state index contributed by atoms with van der Waals surface area (Å²) < 4.78 is 12.1. The molecule has 0 fully saturated rings. The van der Waals surface area contributed by atoms with Crippen LogP contribution in [0.4, 0.5) is 34.1 Å². The third-order valence-corrected chi connectivity index (χ3v) is 10.9. The van der Waals surface area contributed by atoms with Gasteiger partial charge in [-0.3, -0.25) is 0 Å². The van der Waals surface area contributed by atoms with Gasteiger partial charge in [-0.15, -0.1) is 0 Å². The van der Waals surface area contributed by atoms with Crippen LogP contribution in [0.5, 0.6) is 0 Å². The molecular weight excluding hydrogens is 737 g/mol. The number of rotatable bonds is 9. The maximum absolute atomic E-state index is 6.07. The fraction of sp³-hybridized carbons (Fsp3) is 0. The molecule has 2 heterocycles. The van der Waals surface area contributed by atoms with Crippen LogP contribution in [-0.2, 0) is 0 Å². The third-order valence-electron chi connectivity index (χ3n) is 10.9. The molecule has 284 valence electrons. The average Bonchev–Trinajstić information content (AvgIpc) is 3.96. The summed E-state index contributed by atoms with van der Waals surface area (Å²) in [5.41, 5.74) is 13.7. The molecule has 0 saturated heterocycles. The minimum atomic E-state index is 0.610. The number of fused-ring (bicyclic) bond motifs is 3. The third kappa shape index (κ3) is 6.62. The van der Waals surface area contributed by atoms with Gasteiger partial charge in [0.2, 0.25) is 11.8 Å². The molecule has 0 bridgehead atoms. The van der Waals surface area contributed by atoms with E-state index in [1.807, 2.05) is 60.7 Å². The Morgan fingerprint density at radius 1 is 0.283 bits per heavy atom. The lowest BCUT2D eigenvalue weighted by molar-refractivity contribution is 0.619. The highest BCUT2D eigenvalue weighted by atomic mass is 16.4. The Hall–Kier alpha value is -8.22. The van der Waals surface area contributed by atoms with Crippen molar-refractivity contribution in [1.29, 1.82) is 0 Å². The largest absolute Gasteiger partial charge is 0.436 e. The minimum Gasteiger partial charge on any atom is -0.436 e. The molecule has 2 aromatic heterocycles. The number of anilines is 6. The van der Waals surface area contributed by atoms with Crippen LogP contribution in [0.25, 0.3) is 67.0 Å². The molecule has 0 N–H and O–H groups in total. The quantitative estimate of drug-likeness (QED) is 0.146. The van der Waals surface area contributed by atoms with Crippen molar-refractivity contribution in [1.82, 2.24) is 9.97 Å². The van der Waals surface area contributed by atoms with Crippen molar-refractivity contribution in [2.45, 2.75) is 0 Å².